The van der Waals surface area contributed by atoms with Gasteiger partial charge in [0.05, 0.1) is 0 Å². The second kappa shape index (κ2) is 4.82. The third-order valence-electron chi connectivity index (χ3n) is 5.77. The highest BCUT2D eigenvalue weighted by Gasteiger charge is 2.59. The van der Waals surface area contributed by atoms with Crippen LogP contribution < -0.4 is 5.32 Å². The fourth-order valence-electron chi connectivity index (χ4n) is 4.60. The first-order valence-corrected chi connectivity index (χ1v) is 8.09. The molecular weight excluding hydrogens is 264 g/mol. The second-order valence-corrected chi connectivity index (χ2v) is 7.68. The van der Waals surface area contributed by atoms with E-state index < -0.39 is 0 Å². The van der Waals surface area contributed by atoms with Gasteiger partial charge in [-0.2, -0.15) is 0 Å². The van der Waals surface area contributed by atoms with Crippen molar-refractivity contribution in [3.63, 3.8) is 0 Å². The third kappa shape index (κ3) is 2.27. The summed E-state index contributed by atoms with van der Waals surface area (Å²) in [6, 6.07) is 0.212. The molecule has 21 heavy (non-hydrogen) atoms. The van der Waals surface area contributed by atoms with E-state index in [2.05, 4.69) is 48.2 Å². The van der Waals surface area contributed by atoms with Gasteiger partial charge in [0.15, 0.2) is 0 Å². The Morgan fingerprint density at radius 2 is 2.19 bits per heavy atom. The van der Waals surface area contributed by atoms with Crippen LogP contribution in [0.3, 0.4) is 0 Å². The van der Waals surface area contributed by atoms with Gasteiger partial charge in [-0.1, -0.05) is 27.7 Å². The highest BCUT2D eigenvalue weighted by molar-refractivity contribution is 5.90. The van der Waals surface area contributed by atoms with Crippen molar-refractivity contribution in [1.82, 2.24) is 20.5 Å². The molecule has 3 unspecified atom stereocenters. The Kier molecular flexibility index (Phi) is 3.34. The van der Waals surface area contributed by atoms with Gasteiger partial charge >= 0.3 is 0 Å². The van der Waals surface area contributed by atoms with Crippen molar-refractivity contribution in [2.75, 3.05) is 0 Å². The maximum Gasteiger partial charge on any atom is 0.291 e. The van der Waals surface area contributed by atoms with Crippen molar-refractivity contribution in [3.8, 4) is 0 Å². The number of aryl methyl sites for hydroxylation is 1. The van der Waals surface area contributed by atoms with Crippen LogP contribution in [0, 0.1) is 16.7 Å². The van der Waals surface area contributed by atoms with Crippen molar-refractivity contribution in [2.45, 2.75) is 65.8 Å². The van der Waals surface area contributed by atoms with Crippen LogP contribution in [-0.4, -0.2) is 27.1 Å². The first-order valence-electron chi connectivity index (χ1n) is 8.09. The summed E-state index contributed by atoms with van der Waals surface area (Å²) in [7, 11) is 0. The van der Waals surface area contributed by atoms with Crippen LogP contribution in [0.1, 0.15) is 69.8 Å². The highest BCUT2D eigenvalue weighted by Crippen LogP contribution is 2.62. The van der Waals surface area contributed by atoms with E-state index in [1.807, 2.05) is 0 Å². The lowest BCUT2D eigenvalue weighted by Gasteiger charge is -2.42. The summed E-state index contributed by atoms with van der Waals surface area (Å²) in [5, 5.41) is 10.1. The SMILES string of the molecule is CCCc1nc(C(=O)NC2C3(C)CCC(C3)C2(C)C)n[nH]1. The summed E-state index contributed by atoms with van der Waals surface area (Å²) in [4.78, 5) is 16.8. The van der Waals surface area contributed by atoms with Gasteiger partial charge in [0.25, 0.3) is 5.91 Å². The van der Waals surface area contributed by atoms with Crippen LogP contribution >= 0.6 is 0 Å². The molecule has 2 aliphatic carbocycles. The summed E-state index contributed by atoms with van der Waals surface area (Å²) >= 11 is 0. The summed E-state index contributed by atoms with van der Waals surface area (Å²) in [5.41, 5.74) is 0.387. The van der Waals surface area contributed by atoms with E-state index in [1.165, 1.54) is 19.3 Å². The molecule has 5 heteroatoms. The Balaban J connectivity index is 1.75. The first-order chi connectivity index (χ1) is 9.87. The predicted octanol–water partition coefficient (Wildman–Crippen LogP) is 2.70. The number of hydrogen-bond acceptors (Lipinski definition) is 3. The Labute approximate surface area is 126 Å². The zero-order valence-electron chi connectivity index (χ0n) is 13.5. The van der Waals surface area contributed by atoms with Crippen LogP contribution in [0.2, 0.25) is 0 Å². The molecule has 2 N–H and O–H groups in total. The normalized spacial score (nSPS) is 33.3. The Morgan fingerprint density at radius 3 is 2.81 bits per heavy atom. The number of carbonyl (C=O) groups is 1. The van der Waals surface area contributed by atoms with Crippen molar-refractivity contribution in [2.24, 2.45) is 16.7 Å². The van der Waals surface area contributed by atoms with E-state index >= 15 is 0 Å². The van der Waals surface area contributed by atoms with Crippen LogP contribution in [0.5, 0.6) is 0 Å². The number of amides is 1. The number of H-pyrrole nitrogens is 1. The van der Waals surface area contributed by atoms with Gasteiger partial charge in [0, 0.05) is 12.5 Å². The summed E-state index contributed by atoms with van der Waals surface area (Å²) in [6.45, 7) is 8.97. The highest BCUT2D eigenvalue weighted by atomic mass is 16.2. The molecule has 1 aromatic rings. The predicted molar refractivity (Wildman–Crippen MR) is 80.9 cm³/mol. The molecule has 0 aliphatic heterocycles. The smallest absolute Gasteiger partial charge is 0.291 e. The lowest BCUT2D eigenvalue weighted by Crippen LogP contribution is -2.52. The number of carbonyl (C=O) groups excluding carboxylic acids is 1. The van der Waals surface area contributed by atoms with Crippen LogP contribution in [0.4, 0.5) is 0 Å². The number of nitrogens with zero attached hydrogens (tertiary/aromatic N) is 2. The van der Waals surface area contributed by atoms with Crippen molar-refractivity contribution >= 4 is 5.91 Å². The number of aromatic amines is 1. The Morgan fingerprint density at radius 1 is 1.43 bits per heavy atom. The number of rotatable bonds is 4. The molecule has 0 saturated heterocycles. The zero-order valence-corrected chi connectivity index (χ0v) is 13.5. The van der Waals surface area contributed by atoms with E-state index in [0.717, 1.165) is 24.6 Å². The van der Waals surface area contributed by atoms with E-state index in [-0.39, 0.29) is 28.6 Å². The Bertz CT molecular complexity index is 545. The number of fused-ring (bicyclic) bond motifs is 2. The number of nitrogens with one attached hydrogen (secondary N) is 2. The molecule has 1 heterocycles. The summed E-state index contributed by atoms with van der Waals surface area (Å²) in [6.07, 6.45) is 5.54. The van der Waals surface area contributed by atoms with Gasteiger partial charge in [-0.05, 0) is 42.4 Å². The topological polar surface area (TPSA) is 70.7 Å². The molecule has 0 spiro atoms. The molecule has 2 fully saturated rings. The second-order valence-electron chi connectivity index (χ2n) is 7.68. The lowest BCUT2D eigenvalue weighted by atomic mass is 9.68. The first kappa shape index (κ1) is 14.5. The molecular formula is C16H26N4O. The largest absolute Gasteiger partial charge is 0.345 e. The maximum absolute atomic E-state index is 12.5. The monoisotopic (exact) mass is 290 g/mol. The van der Waals surface area contributed by atoms with Gasteiger partial charge in [0.1, 0.15) is 5.82 Å². The molecule has 2 bridgehead atoms. The molecule has 1 amide bonds. The lowest BCUT2D eigenvalue weighted by molar-refractivity contribution is 0.0728. The molecule has 0 aromatic carbocycles. The summed E-state index contributed by atoms with van der Waals surface area (Å²) in [5.74, 6) is 1.65. The molecule has 5 nitrogen and oxygen atoms in total. The minimum absolute atomic E-state index is 0.138. The van der Waals surface area contributed by atoms with Crippen molar-refractivity contribution in [1.29, 1.82) is 0 Å². The van der Waals surface area contributed by atoms with Crippen LogP contribution in [0.15, 0.2) is 0 Å². The maximum atomic E-state index is 12.5. The van der Waals surface area contributed by atoms with Crippen molar-refractivity contribution in [3.05, 3.63) is 11.6 Å². The average Bonchev–Trinajstić information content (AvgIpc) is 3.06. The molecule has 2 aliphatic rings. The van der Waals surface area contributed by atoms with Gasteiger partial charge in [-0.25, -0.2) is 4.98 Å². The molecule has 1 aromatic heterocycles. The van der Waals surface area contributed by atoms with Gasteiger partial charge < -0.3 is 5.32 Å². The number of aromatic nitrogens is 3. The molecule has 3 atom stereocenters. The minimum atomic E-state index is -0.138. The zero-order chi connectivity index (χ0) is 15.3. The standard InChI is InChI=1S/C16H26N4O/c1-5-6-11-17-12(20-19-11)13(21)18-14-15(2,3)10-7-8-16(14,4)9-10/h10,14H,5-9H2,1-4H3,(H,18,21)(H,17,19,20). The number of hydrogen-bond donors (Lipinski definition) is 2. The van der Waals surface area contributed by atoms with E-state index in [1.54, 1.807) is 0 Å². The average molecular weight is 290 g/mol. The van der Waals surface area contributed by atoms with Gasteiger partial charge in [0.2, 0.25) is 5.82 Å². The molecule has 3 rings (SSSR count). The fraction of sp³-hybridized carbons (Fsp3) is 0.812. The minimum Gasteiger partial charge on any atom is -0.345 e. The summed E-state index contributed by atoms with van der Waals surface area (Å²) < 4.78 is 0. The van der Waals surface area contributed by atoms with Gasteiger partial charge in [-0.3, -0.25) is 9.89 Å². The van der Waals surface area contributed by atoms with Crippen LogP contribution in [-0.2, 0) is 6.42 Å². The van der Waals surface area contributed by atoms with Gasteiger partial charge in [-0.15, -0.1) is 5.10 Å². The fourth-order valence-corrected chi connectivity index (χ4v) is 4.60. The third-order valence-corrected chi connectivity index (χ3v) is 5.77. The Hall–Kier alpha value is -1.39. The van der Waals surface area contributed by atoms with Crippen LogP contribution in [0.25, 0.3) is 0 Å². The van der Waals surface area contributed by atoms with E-state index in [4.69, 9.17) is 0 Å². The molecule has 2 saturated carbocycles. The molecule has 116 valence electrons. The quantitative estimate of drug-likeness (QED) is 0.895. The van der Waals surface area contributed by atoms with Crippen molar-refractivity contribution < 1.29 is 4.79 Å². The van der Waals surface area contributed by atoms with E-state index in [9.17, 15) is 4.79 Å². The molecule has 0 radical (unpaired) electrons. The van der Waals surface area contributed by atoms with E-state index in [0.29, 0.717) is 0 Å².